The number of fused-ring (bicyclic) bond motifs is 1. The number of amides is 2. The SMILES string of the molecule is COCCCC(=O)N1CC[C@H](Nc2cccc3c2CN(C(=O)OC(C)(C)C)CC3)C1. The van der Waals surface area contributed by atoms with Gasteiger partial charge in [-0.25, -0.2) is 4.79 Å². The van der Waals surface area contributed by atoms with Crippen molar-refractivity contribution < 1.29 is 19.1 Å². The molecule has 2 heterocycles. The molecule has 0 saturated carbocycles. The van der Waals surface area contributed by atoms with Gasteiger partial charge in [0.15, 0.2) is 0 Å². The lowest BCUT2D eigenvalue weighted by Crippen LogP contribution is -2.40. The molecule has 7 heteroatoms. The minimum Gasteiger partial charge on any atom is -0.444 e. The maximum absolute atomic E-state index is 12.5. The first-order chi connectivity index (χ1) is 14.3. The fraction of sp³-hybridized carbons (Fsp3) is 0.652. The zero-order valence-corrected chi connectivity index (χ0v) is 18.7. The molecule has 3 rings (SSSR count). The van der Waals surface area contributed by atoms with E-state index in [1.807, 2.05) is 25.7 Å². The van der Waals surface area contributed by atoms with Gasteiger partial charge in [-0.2, -0.15) is 0 Å². The number of hydrogen-bond donors (Lipinski definition) is 1. The number of carbonyl (C=O) groups is 2. The molecule has 1 aromatic carbocycles. The normalized spacial score (nSPS) is 18.9. The summed E-state index contributed by atoms with van der Waals surface area (Å²) in [4.78, 5) is 28.6. The monoisotopic (exact) mass is 417 g/mol. The fourth-order valence-electron chi connectivity index (χ4n) is 4.05. The van der Waals surface area contributed by atoms with E-state index >= 15 is 0 Å². The van der Waals surface area contributed by atoms with E-state index in [9.17, 15) is 9.59 Å². The standard InChI is InChI=1S/C23H35N3O4/c1-23(2,3)30-22(28)26-12-10-17-7-5-8-20(19(17)16-26)24-18-11-13-25(15-18)21(27)9-6-14-29-4/h5,7-8,18,24H,6,9-16H2,1-4H3/t18-/m0/s1. The third-order valence-corrected chi connectivity index (χ3v) is 5.56. The van der Waals surface area contributed by atoms with Crippen LogP contribution in [0.25, 0.3) is 0 Å². The van der Waals surface area contributed by atoms with Crippen LogP contribution in [0, 0.1) is 0 Å². The van der Waals surface area contributed by atoms with E-state index in [1.165, 1.54) is 5.56 Å². The highest BCUT2D eigenvalue weighted by Crippen LogP contribution is 2.29. The molecular formula is C23H35N3O4. The first kappa shape index (κ1) is 22.4. The van der Waals surface area contributed by atoms with Crippen LogP contribution >= 0.6 is 0 Å². The number of nitrogens with one attached hydrogen (secondary N) is 1. The van der Waals surface area contributed by atoms with Crippen LogP contribution in [0.5, 0.6) is 0 Å². The summed E-state index contributed by atoms with van der Waals surface area (Å²) >= 11 is 0. The molecule has 1 fully saturated rings. The van der Waals surface area contributed by atoms with Gasteiger partial charge in [-0.15, -0.1) is 0 Å². The second-order valence-corrected chi connectivity index (χ2v) is 9.16. The molecule has 1 N–H and O–H groups in total. The molecule has 2 amide bonds. The van der Waals surface area contributed by atoms with E-state index in [2.05, 4.69) is 23.5 Å². The molecule has 0 bridgehead atoms. The van der Waals surface area contributed by atoms with Gasteiger partial charge in [0.05, 0.1) is 6.54 Å². The summed E-state index contributed by atoms with van der Waals surface area (Å²) in [6.45, 7) is 8.98. The van der Waals surface area contributed by atoms with Crippen LogP contribution in [0.15, 0.2) is 18.2 Å². The third-order valence-electron chi connectivity index (χ3n) is 5.56. The van der Waals surface area contributed by atoms with E-state index in [4.69, 9.17) is 9.47 Å². The van der Waals surface area contributed by atoms with Gasteiger partial charge < -0.3 is 24.6 Å². The van der Waals surface area contributed by atoms with E-state index in [0.717, 1.165) is 37.1 Å². The molecule has 2 aliphatic heterocycles. The van der Waals surface area contributed by atoms with Crippen LogP contribution in [-0.2, 0) is 27.2 Å². The smallest absolute Gasteiger partial charge is 0.410 e. The number of ether oxygens (including phenoxy) is 2. The van der Waals surface area contributed by atoms with Crippen molar-refractivity contribution in [3.05, 3.63) is 29.3 Å². The number of anilines is 1. The van der Waals surface area contributed by atoms with Crippen LogP contribution < -0.4 is 5.32 Å². The number of methoxy groups -OCH3 is 1. The maximum Gasteiger partial charge on any atom is 0.410 e. The number of likely N-dealkylation sites (tertiary alicyclic amines) is 1. The average molecular weight is 418 g/mol. The summed E-state index contributed by atoms with van der Waals surface area (Å²) in [5.74, 6) is 0.197. The van der Waals surface area contributed by atoms with Crippen LogP contribution in [0.1, 0.15) is 51.2 Å². The van der Waals surface area contributed by atoms with Gasteiger partial charge in [0, 0.05) is 51.5 Å². The van der Waals surface area contributed by atoms with E-state index in [-0.39, 0.29) is 18.0 Å². The number of rotatable bonds is 6. The van der Waals surface area contributed by atoms with Crippen molar-refractivity contribution in [2.45, 2.75) is 64.6 Å². The fourth-order valence-corrected chi connectivity index (χ4v) is 4.05. The van der Waals surface area contributed by atoms with Crippen molar-refractivity contribution >= 4 is 17.7 Å². The lowest BCUT2D eigenvalue weighted by molar-refractivity contribution is -0.130. The van der Waals surface area contributed by atoms with Crippen molar-refractivity contribution in [3.63, 3.8) is 0 Å². The minimum absolute atomic E-state index is 0.197. The van der Waals surface area contributed by atoms with Gasteiger partial charge in [-0.05, 0) is 57.2 Å². The molecule has 166 valence electrons. The van der Waals surface area contributed by atoms with Crippen LogP contribution in [0.4, 0.5) is 10.5 Å². The van der Waals surface area contributed by atoms with E-state index in [1.54, 1.807) is 12.0 Å². The molecular weight excluding hydrogens is 382 g/mol. The van der Waals surface area contributed by atoms with Gasteiger partial charge in [0.1, 0.15) is 5.60 Å². The van der Waals surface area contributed by atoms with Crippen molar-refractivity contribution in [3.8, 4) is 0 Å². The zero-order valence-electron chi connectivity index (χ0n) is 18.7. The van der Waals surface area contributed by atoms with Crippen LogP contribution in [0.2, 0.25) is 0 Å². The van der Waals surface area contributed by atoms with Crippen molar-refractivity contribution in [2.75, 3.05) is 38.7 Å². The Balaban J connectivity index is 1.61. The maximum atomic E-state index is 12.5. The molecule has 0 radical (unpaired) electrons. The molecule has 0 aliphatic carbocycles. The molecule has 1 aromatic rings. The molecule has 0 unspecified atom stereocenters. The summed E-state index contributed by atoms with van der Waals surface area (Å²) in [6.07, 6.45) is 2.77. The molecule has 30 heavy (non-hydrogen) atoms. The average Bonchev–Trinajstić information content (AvgIpc) is 3.15. The molecule has 1 saturated heterocycles. The largest absolute Gasteiger partial charge is 0.444 e. The minimum atomic E-state index is -0.502. The van der Waals surface area contributed by atoms with Gasteiger partial charge in [0.25, 0.3) is 0 Å². The lowest BCUT2D eigenvalue weighted by Gasteiger charge is -2.32. The highest BCUT2D eigenvalue weighted by atomic mass is 16.6. The summed E-state index contributed by atoms with van der Waals surface area (Å²) in [7, 11) is 1.66. The quantitative estimate of drug-likeness (QED) is 0.718. The van der Waals surface area contributed by atoms with Gasteiger partial charge in [0.2, 0.25) is 5.91 Å². The third kappa shape index (κ3) is 5.88. The topological polar surface area (TPSA) is 71.1 Å². The number of hydrogen-bond acceptors (Lipinski definition) is 5. The molecule has 7 nitrogen and oxygen atoms in total. The second kappa shape index (κ2) is 9.69. The summed E-state index contributed by atoms with van der Waals surface area (Å²) in [5, 5.41) is 3.63. The highest BCUT2D eigenvalue weighted by Gasteiger charge is 2.29. The van der Waals surface area contributed by atoms with E-state index < -0.39 is 5.60 Å². The second-order valence-electron chi connectivity index (χ2n) is 9.16. The van der Waals surface area contributed by atoms with Crippen molar-refractivity contribution in [1.29, 1.82) is 0 Å². The van der Waals surface area contributed by atoms with Crippen molar-refractivity contribution in [1.82, 2.24) is 9.80 Å². The summed E-state index contributed by atoms with van der Waals surface area (Å²) in [5.41, 5.74) is 2.97. The number of carbonyl (C=O) groups excluding carboxylic acids is 2. The highest BCUT2D eigenvalue weighted by molar-refractivity contribution is 5.76. The van der Waals surface area contributed by atoms with E-state index in [0.29, 0.717) is 32.7 Å². The Hall–Kier alpha value is -2.28. The Bertz CT molecular complexity index is 759. The first-order valence-electron chi connectivity index (χ1n) is 10.9. The Morgan fingerprint density at radius 1 is 1.20 bits per heavy atom. The predicted molar refractivity (Wildman–Crippen MR) is 117 cm³/mol. The summed E-state index contributed by atoms with van der Waals surface area (Å²) in [6, 6.07) is 6.49. The summed E-state index contributed by atoms with van der Waals surface area (Å²) < 4.78 is 10.6. The number of nitrogens with zero attached hydrogens (tertiary/aromatic N) is 2. The Morgan fingerprint density at radius 2 is 2.00 bits per heavy atom. The van der Waals surface area contributed by atoms with Gasteiger partial charge in [-0.3, -0.25) is 4.79 Å². The number of benzene rings is 1. The Kier molecular flexibility index (Phi) is 7.23. The van der Waals surface area contributed by atoms with Gasteiger partial charge >= 0.3 is 6.09 Å². The predicted octanol–water partition coefficient (Wildman–Crippen LogP) is 3.42. The van der Waals surface area contributed by atoms with Crippen LogP contribution in [0.3, 0.4) is 0 Å². The first-order valence-corrected chi connectivity index (χ1v) is 10.9. The Morgan fingerprint density at radius 3 is 2.73 bits per heavy atom. The molecule has 1 atom stereocenters. The zero-order chi connectivity index (χ0) is 21.7. The van der Waals surface area contributed by atoms with Crippen LogP contribution in [-0.4, -0.2) is 66.8 Å². The molecule has 0 aromatic heterocycles. The van der Waals surface area contributed by atoms with Crippen molar-refractivity contribution in [2.24, 2.45) is 0 Å². The lowest BCUT2D eigenvalue weighted by atomic mass is 9.97. The molecule has 0 spiro atoms. The van der Waals surface area contributed by atoms with Gasteiger partial charge in [-0.1, -0.05) is 12.1 Å². The Labute approximate surface area is 179 Å². The molecule has 2 aliphatic rings.